The molecule has 0 fully saturated rings. The first-order valence-corrected chi connectivity index (χ1v) is 6.76. The summed E-state index contributed by atoms with van der Waals surface area (Å²) in [6.45, 7) is 4.73. The lowest BCUT2D eigenvalue weighted by Gasteiger charge is -2.20. The number of pyridine rings is 1. The van der Waals surface area contributed by atoms with E-state index in [1.165, 1.54) is 12.3 Å². The maximum atomic E-state index is 13.2. The summed E-state index contributed by atoms with van der Waals surface area (Å²) in [7, 11) is 5.45. The SMILES string of the molecule is CCNC(=P)N(C)c1cn(-c2cncc(F)c2)nc1C. The van der Waals surface area contributed by atoms with Crippen LogP contribution < -0.4 is 10.2 Å². The number of halogens is 1. The zero-order valence-electron chi connectivity index (χ0n) is 11.7. The average Bonchev–Trinajstić information content (AvgIpc) is 2.80. The Bertz CT molecular complexity index is 625. The summed E-state index contributed by atoms with van der Waals surface area (Å²) in [4.78, 5) is 5.77. The van der Waals surface area contributed by atoms with E-state index in [1.807, 2.05) is 32.0 Å². The lowest BCUT2D eigenvalue weighted by molar-refractivity contribution is 0.618. The Kier molecular flexibility index (Phi) is 4.47. The van der Waals surface area contributed by atoms with Gasteiger partial charge in [-0.3, -0.25) is 10.3 Å². The Labute approximate surface area is 119 Å². The van der Waals surface area contributed by atoms with Crippen molar-refractivity contribution in [1.29, 1.82) is 0 Å². The summed E-state index contributed by atoms with van der Waals surface area (Å²) >= 11 is 0. The molecule has 0 saturated carbocycles. The van der Waals surface area contributed by atoms with Gasteiger partial charge in [0, 0.05) is 13.1 Å². The summed E-state index contributed by atoms with van der Waals surface area (Å²) in [5.41, 5.74) is 3.19. The van der Waals surface area contributed by atoms with Gasteiger partial charge in [0.1, 0.15) is 11.4 Å². The Hall–Kier alpha value is -1.78. The van der Waals surface area contributed by atoms with E-state index in [4.69, 9.17) is 0 Å². The third kappa shape index (κ3) is 3.03. The molecule has 2 aromatic rings. The molecule has 20 heavy (non-hydrogen) atoms. The predicted octanol–water partition coefficient (Wildman–Crippen LogP) is 1.99. The van der Waals surface area contributed by atoms with Crippen LogP contribution in [0.15, 0.2) is 24.7 Å². The lowest BCUT2D eigenvalue weighted by atomic mass is 10.4. The number of aromatic nitrogens is 3. The summed E-state index contributed by atoms with van der Waals surface area (Å²) in [5.74, 6) is -0.384. The van der Waals surface area contributed by atoms with Crippen LogP contribution in [0.5, 0.6) is 0 Å². The van der Waals surface area contributed by atoms with Crippen LogP contribution in [-0.2, 0) is 0 Å². The van der Waals surface area contributed by atoms with Gasteiger partial charge < -0.3 is 4.90 Å². The maximum absolute atomic E-state index is 13.2. The summed E-state index contributed by atoms with van der Waals surface area (Å²) < 4.78 is 14.8. The Morgan fingerprint density at radius 1 is 1.50 bits per heavy atom. The van der Waals surface area contributed by atoms with E-state index >= 15 is 0 Å². The highest BCUT2D eigenvalue weighted by Crippen LogP contribution is 2.20. The number of hydrogen-bond acceptors (Lipinski definition) is 2. The quantitative estimate of drug-likeness (QED) is 0.856. The fourth-order valence-electron chi connectivity index (χ4n) is 1.84. The Balaban J connectivity index is 2.32. The van der Waals surface area contributed by atoms with Gasteiger partial charge in [0.15, 0.2) is 0 Å². The highest BCUT2D eigenvalue weighted by molar-refractivity contribution is 7.21. The molecule has 106 valence electrons. The molecule has 0 amide bonds. The first-order valence-electron chi connectivity index (χ1n) is 6.26. The number of nitrogens with zero attached hydrogens (tertiary/aromatic N) is 4. The number of anilines is 1. The number of nitrogens with one attached hydrogen (secondary N) is 1. The minimum Gasteiger partial charge on any atom is -0.329 e. The molecule has 7 heteroatoms. The van der Waals surface area contributed by atoms with Crippen molar-refractivity contribution < 1.29 is 4.39 Å². The van der Waals surface area contributed by atoms with Crippen molar-refractivity contribution in [1.82, 2.24) is 20.1 Å². The van der Waals surface area contributed by atoms with Gasteiger partial charge in [-0.1, -0.05) is 15.8 Å². The Morgan fingerprint density at radius 2 is 2.25 bits per heavy atom. The van der Waals surface area contributed by atoms with Gasteiger partial charge in [-0.25, -0.2) is 9.07 Å². The molecule has 0 aliphatic heterocycles. The van der Waals surface area contributed by atoms with E-state index in [-0.39, 0.29) is 5.82 Å². The second-order valence-electron chi connectivity index (χ2n) is 4.34. The van der Waals surface area contributed by atoms with E-state index in [0.717, 1.165) is 23.5 Å². The molecule has 0 spiro atoms. The topological polar surface area (TPSA) is 46.0 Å². The summed E-state index contributed by atoms with van der Waals surface area (Å²) in [5, 5.41) is 7.57. The zero-order chi connectivity index (χ0) is 14.7. The van der Waals surface area contributed by atoms with Crippen molar-refractivity contribution >= 4 is 20.1 Å². The highest BCUT2D eigenvalue weighted by atomic mass is 31.0. The van der Waals surface area contributed by atoms with E-state index in [2.05, 4.69) is 24.3 Å². The molecular weight excluding hydrogens is 276 g/mol. The summed E-state index contributed by atoms with van der Waals surface area (Å²) in [6.07, 6.45) is 4.58. The fourth-order valence-corrected chi connectivity index (χ4v) is 2.14. The van der Waals surface area contributed by atoms with Crippen LogP contribution in [0, 0.1) is 12.7 Å². The van der Waals surface area contributed by atoms with Crippen LogP contribution >= 0.6 is 8.86 Å². The third-order valence-corrected chi connectivity index (χ3v) is 3.38. The molecule has 2 aromatic heterocycles. The molecule has 0 unspecified atom stereocenters. The van der Waals surface area contributed by atoms with E-state index in [9.17, 15) is 4.39 Å². The van der Waals surface area contributed by atoms with Gasteiger partial charge in [0.05, 0.1) is 35.7 Å². The van der Waals surface area contributed by atoms with Crippen LogP contribution in [0.25, 0.3) is 5.69 Å². The minimum absolute atomic E-state index is 0.384. The second kappa shape index (κ2) is 6.11. The smallest absolute Gasteiger partial charge is 0.143 e. The van der Waals surface area contributed by atoms with Gasteiger partial charge in [-0.15, -0.1) is 0 Å². The molecule has 1 N–H and O–H groups in total. The van der Waals surface area contributed by atoms with Gasteiger partial charge >= 0.3 is 0 Å². The van der Waals surface area contributed by atoms with Gasteiger partial charge in [0.25, 0.3) is 0 Å². The first kappa shape index (κ1) is 14.6. The normalized spacial score (nSPS) is 10.6. The maximum Gasteiger partial charge on any atom is 0.143 e. The van der Waals surface area contributed by atoms with Crippen molar-refractivity contribution in [2.24, 2.45) is 0 Å². The molecule has 0 radical (unpaired) electrons. The largest absolute Gasteiger partial charge is 0.329 e. The van der Waals surface area contributed by atoms with Crippen molar-refractivity contribution in [3.63, 3.8) is 0 Å². The predicted molar refractivity (Wildman–Crippen MR) is 81.5 cm³/mol. The van der Waals surface area contributed by atoms with E-state index in [1.54, 1.807) is 10.9 Å². The van der Waals surface area contributed by atoms with Crippen LogP contribution in [0.3, 0.4) is 0 Å². The monoisotopic (exact) mass is 293 g/mol. The fraction of sp³-hybridized carbons (Fsp3) is 0.308. The second-order valence-corrected chi connectivity index (χ2v) is 4.82. The molecule has 5 nitrogen and oxygen atoms in total. The molecule has 0 aliphatic rings. The van der Waals surface area contributed by atoms with E-state index < -0.39 is 0 Å². The molecule has 2 rings (SSSR count). The zero-order valence-corrected chi connectivity index (χ0v) is 12.7. The molecule has 2 heterocycles. The Morgan fingerprint density at radius 3 is 2.90 bits per heavy atom. The minimum atomic E-state index is -0.384. The van der Waals surface area contributed by atoms with Crippen molar-refractivity contribution in [2.45, 2.75) is 13.8 Å². The van der Waals surface area contributed by atoms with Gasteiger partial charge in [-0.05, 0) is 13.5 Å². The lowest BCUT2D eigenvalue weighted by Crippen LogP contribution is -2.36. The molecule has 0 aromatic carbocycles. The van der Waals surface area contributed by atoms with Crippen LogP contribution in [-0.4, -0.2) is 33.9 Å². The molecule has 0 saturated heterocycles. The number of hydrogen-bond donors (Lipinski definition) is 1. The molecule has 0 aliphatic carbocycles. The first-order chi connectivity index (χ1) is 9.52. The van der Waals surface area contributed by atoms with Gasteiger partial charge in [-0.2, -0.15) is 5.10 Å². The standard InChI is InChI=1S/C13H17FN5P/c1-4-16-13(20)18(3)12-8-19(17-9(12)2)11-5-10(14)6-15-7-11/h5-8,16,20H,4H2,1-3H3. The summed E-state index contributed by atoms with van der Waals surface area (Å²) in [6, 6.07) is 1.39. The van der Waals surface area contributed by atoms with Crippen molar-refractivity contribution in [3.05, 3.63) is 36.2 Å². The molecule has 0 atom stereocenters. The highest BCUT2D eigenvalue weighted by Gasteiger charge is 2.13. The third-order valence-electron chi connectivity index (χ3n) is 2.87. The van der Waals surface area contributed by atoms with Crippen LogP contribution in [0.2, 0.25) is 0 Å². The number of aryl methyl sites for hydroxylation is 1. The van der Waals surface area contributed by atoms with Crippen LogP contribution in [0.4, 0.5) is 10.1 Å². The van der Waals surface area contributed by atoms with E-state index in [0.29, 0.717) is 5.69 Å². The number of rotatable bonds is 5. The molecule has 0 bridgehead atoms. The van der Waals surface area contributed by atoms with Gasteiger partial charge in [0.2, 0.25) is 0 Å². The average molecular weight is 293 g/mol. The van der Waals surface area contributed by atoms with Crippen molar-refractivity contribution in [2.75, 3.05) is 18.5 Å². The van der Waals surface area contributed by atoms with Crippen molar-refractivity contribution in [3.8, 4) is 5.69 Å². The van der Waals surface area contributed by atoms with Crippen LogP contribution in [0.1, 0.15) is 12.6 Å². The molecular formula is C13H17FN5P.